The van der Waals surface area contributed by atoms with E-state index in [-0.39, 0.29) is 12.2 Å². The van der Waals surface area contributed by atoms with Crippen LogP contribution in [-0.2, 0) is 23.4 Å². The average Bonchev–Trinajstić information content (AvgIpc) is 3.12. The van der Waals surface area contributed by atoms with Crippen molar-refractivity contribution < 1.29 is 33.0 Å². The topological polar surface area (TPSA) is 207 Å². The van der Waals surface area contributed by atoms with Gasteiger partial charge in [-0.3, -0.25) is 23.7 Å². The van der Waals surface area contributed by atoms with E-state index < -0.39 is 67.7 Å². The number of esters is 1. The molecule has 6 atom stereocenters. The SMILES string of the molecule is CC[C@H](NP(=O)(OC[C@@]1(N=[N+]=[N-])O[C@@H](n2ccc(=O)[nH]c2=O)[C@@H](C)[C@@H]1O)Oc1ccccc1)C(=O)OC(C)C. The van der Waals surface area contributed by atoms with Crippen molar-refractivity contribution in [3.05, 3.63) is 73.9 Å². The number of azide groups is 1. The molecule has 0 spiro atoms. The molecular formula is C23H31N6O9P. The molecule has 1 aromatic carbocycles. The summed E-state index contributed by atoms with van der Waals surface area (Å²) in [6.07, 6.45) is -1.85. The highest BCUT2D eigenvalue weighted by Gasteiger charge is 2.55. The lowest BCUT2D eigenvalue weighted by Crippen LogP contribution is -2.44. The highest BCUT2D eigenvalue weighted by molar-refractivity contribution is 7.52. The molecule has 1 aromatic heterocycles. The fourth-order valence-electron chi connectivity index (χ4n) is 3.90. The Morgan fingerprint density at radius 2 is 2.03 bits per heavy atom. The molecule has 1 fully saturated rings. The third kappa shape index (κ3) is 7.15. The second-order valence-electron chi connectivity index (χ2n) is 9.11. The molecule has 0 radical (unpaired) electrons. The van der Waals surface area contributed by atoms with Crippen LogP contribution < -0.4 is 20.9 Å². The first-order valence-electron chi connectivity index (χ1n) is 12.1. The largest absolute Gasteiger partial charge is 0.462 e. The van der Waals surface area contributed by atoms with Crippen molar-refractivity contribution in [3.63, 3.8) is 0 Å². The predicted octanol–water partition coefficient (Wildman–Crippen LogP) is 2.59. The Morgan fingerprint density at radius 1 is 1.33 bits per heavy atom. The molecular weight excluding hydrogens is 535 g/mol. The van der Waals surface area contributed by atoms with Crippen molar-refractivity contribution in [1.29, 1.82) is 0 Å². The van der Waals surface area contributed by atoms with Crippen LogP contribution in [0.25, 0.3) is 10.4 Å². The lowest BCUT2D eigenvalue weighted by Gasteiger charge is -2.30. The second kappa shape index (κ2) is 12.6. The van der Waals surface area contributed by atoms with Crippen molar-refractivity contribution in [1.82, 2.24) is 14.6 Å². The van der Waals surface area contributed by atoms with Gasteiger partial charge in [0.2, 0.25) is 0 Å². The minimum atomic E-state index is -4.43. The number of aliphatic hydroxyl groups excluding tert-OH is 1. The maximum absolute atomic E-state index is 13.9. The number of hydrogen-bond acceptors (Lipinski definition) is 10. The van der Waals surface area contributed by atoms with Gasteiger partial charge in [0, 0.05) is 23.1 Å². The van der Waals surface area contributed by atoms with Crippen molar-refractivity contribution in [2.24, 2.45) is 11.0 Å². The zero-order valence-electron chi connectivity index (χ0n) is 21.8. The summed E-state index contributed by atoms with van der Waals surface area (Å²) in [5, 5.41) is 17.2. The van der Waals surface area contributed by atoms with Gasteiger partial charge in [-0.1, -0.05) is 37.2 Å². The molecule has 2 heterocycles. The minimum absolute atomic E-state index is 0.136. The third-order valence-electron chi connectivity index (χ3n) is 5.84. The Labute approximate surface area is 223 Å². The van der Waals surface area contributed by atoms with Crippen molar-refractivity contribution in [3.8, 4) is 5.75 Å². The van der Waals surface area contributed by atoms with Crippen LogP contribution in [0.1, 0.15) is 40.3 Å². The van der Waals surface area contributed by atoms with Gasteiger partial charge in [0.05, 0.1) is 18.8 Å². The molecule has 2 aromatic rings. The van der Waals surface area contributed by atoms with Crippen molar-refractivity contribution >= 4 is 13.7 Å². The average molecular weight is 567 g/mol. The van der Waals surface area contributed by atoms with Gasteiger partial charge in [-0.15, -0.1) is 0 Å². The molecule has 15 nitrogen and oxygen atoms in total. The standard InChI is InChI=1S/C23H31N6O9P/c1-5-17(21(32)36-14(2)3)26-39(34,38-16-9-7-6-8-10-16)35-13-23(27-28-24)19(31)15(4)20(37-23)29-12-11-18(30)25-22(29)33/h6-12,14-15,17,19-20,31H,5,13H2,1-4H3,(H,26,34)(H,25,30,33)/t15-,17-,19-,20+,23+,39?/m0/s1. The predicted molar refractivity (Wildman–Crippen MR) is 138 cm³/mol. The molecule has 0 saturated carbocycles. The van der Waals surface area contributed by atoms with Crippen LogP contribution >= 0.6 is 7.75 Å². The number of rotatable bonds is 12. The maximum atomic E-state index is 13.9. The lowest BCUT2D eigenvalue weighted by atomic mass is 9.98. The monoisotopic (exact) mass is 566 g/mol. The number of hydrogen-bond donors (Lipinski definition) is 3. The summed E-state index contributed by atoms with van der Waals surface area (Å²) in [6, 6.07) is 7.97. The van der Waals surface area contributed by atoms with E-state index >= 15 is 0 Å². The van der Waals surface area contributed by atoms with Crippen LogP contribution in [0.3, 0.4) is 0 Å². The van der Waals surface area contributed by atoms with Gasteiger partial charge in [-0.25, -0.2) is 9.36 Å². The molecule has 212 valence electrons. The van der Waals surface area contributed by atoms with E-state index in [1.807, 2.05) is 0 Å². The summed E-state index contributed by atoms with van der Waals surface area (Å²) in [6.45, 7) is 5.70. The van der Waals surface area contributed by atoms with E-state index in [0.29, 0.717) is 0 Å². The van der Waals surface area contributed by atoms with E-state index in [0.717, 1.165) is 10.6 Å². The van der Waals surface area contributed by atoms with Crippen molar-refractivity contribution in [2.75, 3.05) is 6.61 Å². The van der Waals surface area contributed by atoms with Crippen LogP contribution in [0.2, 0.25) is 0 Å². The zero-order valence-corrected chi connectivity index (χ0v) is 22.7. The van der Waals surface area contributed by atoms with Crippen LogP contribution in [0, 0.1) is 5.92 Å². The molecule has 39 heavy (non-hydrogen) atoms. The number of benzene rings is 1. The van der Waals surface area contributed by atoms with Gasteiger partial charge in [0.15, 0.2) is 5.72 Å². The number of aliphatic hydroxyl groups is 1. The summed E-state index contributed by atoms with van der Waals surface area (Å²) >= 11 is 0. The van der Waals surface area contributed by atoms with Gasteiger partial charge in [-0.2, -0.15) is 5.09 Å². The van der Waals surface area contributed by atoms with Crippen LogP contribution in [-0.4, -0.2) is 51.2 Å². The Balaban J connectivity index is 1.93. The van der Waals surface area contributed by atoms with Gasteiger partial charge >= 0.3 is 19.4 Å². The number of carbonyl (C=O) groups is 1. The number of H-pyrrole nitrogens is 1. The second-order valence-corrected chi connectivity index (χ2v) is 10.8. The lowest BCUT2D eigenvalue weighted by molar-refractivity contribution is -0.149. The number of ether oxygens (including phenoxy) is 2. The van der Waals surface area contributed by atoms with Gasteiger partial charge in [0.25, 0.3) is 5.56 Å². The first kappa shape index (κ1) is 30.1. The van der Waals surface area contributed by atoms with Gasteiger partial charge < -0.3 is 19.1 Å². The number of nitrogens with zero attached hydrogens (tertiary/aromatic N) is 4. The molecule has 1 saturated heterocycles. The number of aromatic amines is 1. The quantitative estimate of drug-likeness (QED) is 0.112. The fourth-order valence-corrected chi connectivity index (χ4v) is 5.50. The summed E-state index contributed by atoms with van der Waals surface area (Å²) in [7, 11) is -4.43. The first-order valence-corrected chi connectivity index (χ1v) is 13.7. The molecule has 1 unspecified atom stereocenters. The zero-order chi connectivity index (χ0) is 28.8. The Bertz CT molecular complexity index is 1360. The molecule has 0 aliphatic carbocycles. The molecule has 1 aliphatic rings. The number of para-hydroxylation sites is 1. The van der Waals surface area contributed by atoms with Crippen LogP contribution in [0.5, 0.6) is 5.75 Å². The highest BCUT2D eigenvalue weighted by Crippen LogP contribution is 2.49. The van der Waals surface area contributed by atoms with E-state index in [1.54, 1.807) is 39.0 Å². The van der Waals surface area contributed by atoms with Crippen LogP contribution in [0.4, 0.5) is 0 Å². The summed E-state index contributed by atoms with van der Waals surface area (Å²) in [5.41, 5.74) is 5.65. The number of carbonyl (C=O) groups excluding carboxylic acids is 1. The Morgan fingerprint density at radius 3 is 2.62 bits per heavy atom. The smallest absolute Gasteiger partial charge is 0.459 e. The maximum Gasteiger partial charge on any atom is 0.459 e. The van der Waals surface area contributed by atoms with Gasteiger partial charge in [0.1, 0.15) is 18.0 Å². The Hall–Kier alpha value is -3.45. The van der Waals surface area contributed by atoms with E-state index in [2.05, 4.69) is 20.1 Å². The molecule has 0 bridgehead atoms. The van der Waals surface area contributed by atoms with E-state index in [1.165, 1.54) is 25.3 Å². The van der Waals surface area contributed by atoms with E-state index in [4.69, 9.17) is 18.5 Å². The highest BCUT2D eigenvalue weighted by atomic mass is 31.2. The van der Waals surface area contributed by atoms with Crippen molar-refractivity contribution in [2.45, 2.75) is 64.3 Å². The fraction of sp³-hybridized carbons (Fsp3) is 0.522. The molecule has 0 amide bonds. The number of nitrogens with one attached hydrogen (secondary N) is 2. The summed E-state index contributed by atoms with van der Waals surface area (Å²) in [5.74, 6) is -1.41. The normalized spacial score (nSPS) is 24.9. The van der Waals surface area contributed by atoms with Crippen LogP contribution in [0.15, 0.2) is 57.3 Å². The Kier molecular flexibility index (Phi) is 9.73. The third-order valence-corrected chi connectivity index (χ3v) is 7.39. The minimum Gasteiger partial charge on any atom is -0.462 e. The first-order chi connectivity index (χ1) is 18.4. The summed E-state index contributed by atoms with van der Waals surface area (Å²) in [4.78, 5) is 41.3. The molecule has 3 N–H and O–H groups in total. The molecule has 1 aliphatic heterocycles. The number of aromatic nitrogens is 2. The summed E-state index contributed by atoms with van der Waals surface area (Å²) < 4.78 is 37.3. The molecule has 3 rings (SSSR count). The molecule has 16 heteroatoms. The van der Waals surface area contributed by atoms with E-state index in [9.17, 15) is 29.6 Å². The van der Waals surface area contributed by atoms with Gasteiger partial charge in [-0.05, 0) is 37.9 Å².